The molecule has 0 unspecified atom stereocenters. The average Bonchev–Trinajstić information content (AvgIpc) is 2.92. The predicted molar refractivity (Wildman–Crippen MR) is 194 cm³/mol. The maximum absolute atomic E-state index is 5.91. The van der Waals surface area contributed by atoms with Crippen molar-refractivity contribution in [1.82, 2.24) is 0 Å². The van der Waals surface area contributed by atoms with Crippen LogP contribution in [0.3, 0.4) is 0 Å². The zero-order valence-electron chi connectivity index (χ0n) is 25.2. The molecule has 0 saturated carbocycles. The average molecular weight is 566 g/mol. The third-order valence-electron chi connectivity index (χ3n) is 6.28. The highest BCUT2D eigenvalue weighted by Crippen LogP contribution is 2.42. The summed E-state index contributed by atoms with van der Waals surface area (Å²) in [6.07, 6.45) is 34.0. The molecule has 2 aromatic rings. The molecule has 0 atom stereocenters. The summed E-state index contributed by atoms with van der Waals surface area (Å²) in [5.74, 6) is 0. The monoisotopic (exact) mass is 565 g/mol. The highest BCUT2D eigenvalue weighted by atomic mass is 32.1. The number of benzene rings is 2. The Labute approximate surface area is 253 Å². The van der Waals surface area contributed by atoms with E-state index in [1.165, 1.54) is 11.1 Å². The lowest BCUT2D eigenvalue weighted by Crippen LogP contribution is -2.23. The van der Waals surface area contributed by atoms with Gasteiger partial charge in [0.05, 0.1) is 11.4 Å². The molecular weight excluding hydrogens is 523 g/mol. The normalized spacial score (nSPS) is 12.9. The highest BCUT2D eigenvalue weighted by Gasteiger charge is 2.24. The van der Waals surface area contributed by atoms with Crippen LogP contribution in [0.4, 0.5) is 11.4 Å². The van der Waals surface area contributed by atoms with Crippen molar-refractivity contribution in [1.29, 1.82) is 0 Å². The van der Waals surface area contributed by atoms with Gasteiger partial charge in [0.15, 0.2) is 0 Å². The highest BCUT2D eigenvalue weighted by molar-refractivity contribution is 8.11. The lowest BCUT2D eigenvalue weighted by atomic mass is 9.90. The van der Waals surface area contributed by atoms with Gasteiger partial charge in [-0.2, -0.15) is 0 Å². The molecule has 0 aromatic heterocycles. The molecule has 0 aliphatic carbocycles. The van der Waals surface area contributed by atoms with E-state index in [1.54, 1.807) is 0 Å². The van der Waals surface area contributed by atoms with Crippen molar-refractivity contribution in [2.24, 2.45) is 0 Å². The number of hydrogen-bond donors (Lipinski definition) is 1. The molecular formula is C37H43NS2. The van der Waals surface area contributed by atoms with Gasteiger partial charge in [-0.1, -0.05) is 109 Å². The number of thiol groups is 1. The second-order valence-corrected chi connectivity index (χ2v) is 10.2. The number of anilines is 2. The zero-order valence-corrected chi connectivity index (χ0v) is 26.9. The van der Waals surface area contributed by atoms with Crippen molar-refractivity contribution in [3.63, 3.8) is 0 Å². The van der Waals surface area contributed by atoms with Crippen molar-refractivity contribution in [3.8, 4) is 0 Å². The van der Waals surface area contributed by atoms with Crippen molar-refractivity contribution in [2.75, 3.05) is 4.90 Å². The number of allylic oxidation sites excluding steroid dienone is 8. The molecule has 208 valence electrons. The number of thiocarbonyl (C=S) groups is 1. The van der Waals surface area contributed by atoms with E-state index in [1.807, 2.05) is 27.7 Å². The van der Waals surface area contributed by atoms with E-state index in [2.05, 4.69) is 142 Å². The van der Waals surface area contributed by atoms with Gasteiger partial charge in [0, 0.05) is 11.1 Å². The van der Waals surface area contributed by atoms with Crippen molar-refractivity contribution in [2.45, 2.75) is 55.4 Å². The van der Waals surface area contributed by atoms with Crippen LogP contribution in [0.15, 0.2) is 60.7 Å². The Kier molecular flexibility index (Phi) is 13.7. The summed E-state index contributed by atoms with van der Waals surface area (Å²) in [5, 5.41) is 0. The van der Waals surface area contributed by atoms with Gasteiger partial charge in [-0.25, -0.2) is 0 Å². The Morgan fingerprint density at radius 2 is 0.750 bits per heavy atom. The van der Waals surface area contributed by atoms with Crippen molar-refractivity contribution < 1.29 is 0 Å². The molecule has 0 amide bonds. The first-order valence-corrected chi connectivity index (χ1v) is 14.7. The van der Waals surface area contributed by atoms with E-state index < -0.39 is 0 Å². The molecule has 0 aliphatic heterocycles. The summed E-state index contributed by atoms with van der Waals surface area (Å²) in [6, 6.07) is 4.45. The molecule has 0 radical (unpaired) electrons. The van der Waals surface area contributed by atoms with Crippen molar-refractivity contribution >= 4 is 89.2 Å². The van der Waals surface area contributed by atoms with Crippen LogP contribution in [0.5, 0.6) is 0 Å². The third-order valence-corrected chi connectivity index (χ3v) is 6.67. The van der Waals surface area contributed by atoms with Gasteiger partial charge in [-0.15, -0.1) is 12.6 Å². The lowest BCUT2D eigenvalue weighted by Gasteiger charge is -2.30. The van der Waals surface area contributed by atoms with E-state index >= 15 is 0 Å². The quantitative estimate of drug-likeness (QED) is 0.225. The predicted octanol–water partition coefficient (Wildman–Crippen LogP) is 12.3. The summed E-state index contributed by atoms with van der Waals surface area (Å²) in [5.41, 5.74) is 11.0. The van der Waals surface area contributed by atoms with Gasteiger partial charge in [-0.05, 0) is 101 Å². The smallest absolute Gasteiger partial charge is 0.142 e. The fraction of sp³-hybridized carbons (Fsp3) is 0.216. The molecule has 0 N–H and O–H groups in total. The molecule has 2 rings (SSSR count). The molecule has 0 bridgehead atoms. The second kappa shape index (κ2) is 16.6. The maximum Gasteiger partial charge on any atom is 0.142 e. The van der Waals surface area contributed by atoms with E-state index in [0.29, 0.717) is 4.32 Å². The van der Waals surface area contributed by atoms with Crippen LogP contribution in [0.2, 0.25) is 0 Å². The molecule has 0 saturated heterocycles. The molecule has 0 spiro atoms. The van der Waals surface area contributed by atoms with E-state index in [9.17, 15) is 0 Å². The summed E-state index contributed by atoms with van der Waals surface area (Å²) >= 11 is 10.7. The molecule has 40 heavy (non-hydrogen) atoms. The summed E-state index contributed by atoms with van der Waals surface area (Å²) < 4.78 is 0.477. The Morgan fingerprint density at radius 3 is 1.02 bits per heavy atom. The first kappa shape index (κ1) is 32.8. The van der Waals surface area contributed by atoms with Crippen LogP contribution in [-0.2, 0) is 0 Å². The Hall–Kier alpha value is -3.40. The zero-order chi connectivity index (χ0) is 29.7. The fourth-order valence-corrected chi connectivity index (χ4v) is 5.32. The maximum atomic E-state index is 5.91. The summed E-state index contributed by atoms with van der Waals surface area (Å²) in [6.45, 7) is 16.4. The molecule has 0 fully saturated rings. The first-order valence-electron chi connectivity index (χ1n) is 13.8. The molecule has 0 aliphatic rings. The second-order valence-electron chi connectivity index (χ2n) is 9.07. The molecule has 1 nitrogen and oxygen atoms in total. The number of rotatable bonds is 10. The third kappa shape index (κ3) is 7.41. The standard InChI is InChI=1S/C37H43NS2/c1-9-17-27-25-35(33(23-15-7)31(21-13-5)29(27)19-11-3)38(37(39)40)36-26-28(18-10-2)30(20-12-4)32(22-14-6)34(36)24-16-8/h9-26H,1-8H3,(H,39,40)/b17-9-,18-10-,19-11-,20-12-,21-13-,22-14-,23-15-,24-16-. The molecule has 0 heterocycles. The fourth-order valence-electron chi connectivity index (χ4n) is 4.90. The lowest BCUT2D eigenvalue weighted by molar-refractivity contribution is 1.33. The van der Waals surface area contributed by atoms with Crippen LogP contribution < -0.4 is 4.90 Å². The van der Waals surface area contributed by atoms with Crippen LogP contribution in [0, 0.1) is 0 Å². The molecule has 2 aromatic carbocycles. The Balaban J connectivity index is 3.31. The number of nitrogens with zero attached hydrogens (tertiary/aromatic N) is 1. The van der Waals surface area contributed by atoms with Gasteiger partial charge < -0.3 is 0 Å². The van der Waals surface area contributed by atoms with Gasteiger partial charge in [-0.3, -0.25) is 4.90 Å². The first-order chi connectivity index (χ1) is 19.4. The minimum atomic E-state index is 0.477. The van der Waals surface area contributed by atoms with Crippen LogP contribution >= 0.6 is 24.8 Å². The summed E-state index contributed by atoms with van der Waals surface area (Å²) in [7, 11) is 0. The molecule has 3 heteroatoms. The van der Waals surface area contributed by atoms with Crippen LogP contribution in [0.1, 0.15) is 99.9 Å². The van der Waals surface area contributed by atoms with Gasteiger partial charge in [0.1, 0.15) is 4.32 Å². The SMILES string of the molecule is C/C=C\c1cc(N(C(=S)S)c2cc(/C=C\C)c(/C=C\C)c(/C=C\C)c2/C=C\C)c(/C=C\C)c(/C=C\C)c1/C=C\C. The van der Waals surface area contributed by atoms with Crippen molar-refractivity contribution in [3.05, 3.63) is 105 Å². The topological polar surface area (TPSA) is 3.24 Å². The van der Waals surface area contributed by atoms with Gasteiger partial charge >= 0.3 is 0 Å². The Morgan fingerprint density at radius 1 is 0.475 bits per heavy atom. The minimum absolute atomic E-state index is 0.477. The van der Waals surface area contributed by atoms with E-state index in [4.69, 9.17) is 24.8 Å². The van der Waals surface area contributed by atoms with E-state index in [-0.39, 0.29) is 0 Å². The van der Waals surface area contributed by atoms with Gasteiger partial charge in [0.25, 0.3) is 0 Å². The van der Waals surface area contributed by atoms with Crippen LogP contribution in [-0.4, -0.2) is 4.32 Å². The number of hydrogen-bond acceptors (Lipinski definition) is 1. The van der Waals surface area contributed by atoms with Gasteiger partial charge in [0.2, 0.25) is 0 Å². The largest absolute Gasteiger partial charge is 0.295 e. The Bertz CT molecular complexity index is 1340. The summed E-state index contributed by atoms with van der Waals surface area (Å²) in [4.78, 5) is 2.11. The minimum Gasteiger partial charge on any atom is -0.295 e. The van der Waals surface area contributed by atoms with Crippen LogP contribution in [0.25, 0.3) is 48.6 Å². The van der Waals surface area contributed by atoms with E-state index in [0.717, 1.165) is 44.8 Å².